The summed E-state index contributed by atoms with van der Waals surface area (Å²) in [5, 5.41) is 0.762. The van der Waals surface area contributed by atoms with Gasteiger partial charge in [-0.25, -0.2) is 0 Å². The predicted molar refractivity (Wildman–Crippen MR) is 102 cm³/mol. The van der Waals surface area contributed by atoms with Gasteiger partial charge in [-0.2, -0.15) is 0 Å². The molecule has 2 aromatic rings. The van der Waals surface area contributed by atoms with Gasteiger partial charge < -0.3 is 4.90 Å². The van der Waals surface area contributed by atoms with Crippen molar-refractivity contribution in [2.75, 3.05) is 20.1 Å². The number of carbonyl (C=O) groups is 1. The van der Waals surface area contributed by atoms with Crippen LogP contribution in [0.25, 0.3) is 0 Å². The third kappa shape index (κ3) is 5.07. The SMILES string of the molecule is CN(Cc1ccccc1)C(=O)[C@H]1CCCN(Cc2ccc(Cl)cc2)C1. The molecule has 0 aromatic heterocycles. The molecule has 2 aromatic carbocycles. The van der Waals surface area contributed by atoms with E-state index in [1.807, 2.05) is 42.3 Å². The van der Waals surface area contributed by atoms with Gasteiger partial charge in [0.15, 0.2) is 0 Å². The maximum Gasteiger partial charge on any atom is 0.227 e. The molecule has 25 heavy (non-hydrogen) atoms. The van der Waals surface area contributed by atoms with Crippen LogP contribution in [0.2, 0.25) is 5.02 Å². The van der Waals surface area contributed by atoms with Gasteiger partial charge in [0.05, 0.1) is 5.92 Å². The minimum absolute atomic E-state index is 0.0924. The summed E-state index contributed by atoms with van der Waals surface area (Å²) < 4.78 is 0. The molecule has 1 saturated heterocycles. The average molecular weight is 357 g/mol. The lowest BCUT2D eigenvalue weighted by Crippen LogP contribution is -2.43. The van der Waals surface area contributed by atoms with Crippen LogP contribution in [-0.2, 0) is 17.9 Å². The Morgan fingerprint density at radius 1 is 1.12 bits per heavy atom. The molecule has 0 spiro atoms. The zero-order chi connectivity index (χ0) is 17.6. The van der Waals surface area contributed by atoms with Crippen molar-refractivity contribution in [2.45, 2.75) is 25.9 Å². The number of amides is 1. The number of hydrogen-bond acceptors (Lipinski definition) is 2. The van der Waals surface area contributed by atoms with Crippen molar-refractivity contribution in [3.05, 3.63) is 70.7 Å². The first-order valence-electron chi connectivity index (χ1n) is 8.87. The van der Waals surface area contributed by atoms with Gasteiger partial charge >= 0.3 is 0 Å². The molecule has 4 heteroatoms. The summed E-state index contributed by atoms with van der Waals surface area (Å²) in [4.78, 5) is 17.1. The first-order chi connectivity index (χ1) is 12.1. The number of piperidine rings is 1. The van der Waals surface area contributed by atoms with Crippen molar-refractivity contribution in [1.82, 2.24) is 9.80 Å². The topological polar surface area (TPSA) is 23.6 Å². The second kappa shape index (κ2) is 8.50. The summed E-state index contributed by atoms with van der Waals surface area (Å²) in [5.74, 6) is 0.347. The molecular weight excluding hydrogens is 332 g/mol. The third-order valence-electron chi connectivity index (χ3n) is 4.81. The fourth-order valence-corrected chi connectivity index (χ4v) is 3.62. The minimum Gasteiger partial charge on any atom is -0.341 e. The highest BCUT2D eigenvalue weighted by Gasteiger charge is 2.27. The van der Waals surface area contributed by atoms with Crippen molar-refractivity contribution in [3.8, 4) is 0 Å². The van der Waals surface area contributed by atoms with E-state index in [-0.39, 0.29) is 11.8 Å². The van der Waals surface area contributed by atoms with E-state index in [2.05, 4.69) is 29.2 Å². The Kier molecular flexibility index (Phi) is 6.11. The van der Waals surface area contributed by atoms with Crippen LogP contribution >= 0.6 is 11.6 Å². The molecule has 0 N–H and O–H groups in total. The molecule has 0 saturated carbocycles. The Hall–Kier alpha value is -1.84. The van der Waals surface area contributed by atoms with E-state index in [0.29, 0.717) is 6.54 Å². The Bertz CT molecular complexity index is 687. The normalized spacial score (nSPS) is 18.1. The summed E-state index contributed by atoms with van der Waals surface area (Å²) in [6.07, 6.45) is 2.05. The smallest absolute Gasteiger partial charge is 0.227 e. The molecule has 0 bridgehead atoms. The van der Waals surface area contributed by atoms with E-state index in [9.17, 15) is 4.79 Å². The molecule has 3 rings (SSSR count). The van der Waals surface area contributed by atoms with Crippen molar-refractivity contribution in [3.63, 3.8) is 0 Å². The number of hydrogen-bond donors (Lipinski definition) is 0. The van der Waals surface area contributed by atoms with Gasteiger partial charge in [-0.3, -0.25) is 9.69 Å². The van der Waals surface area contributed by atoms with Crippen LogP contribution in [0.5, 0.6) is 0 Å². The number of rotatable bonds is 5. The highest BCUT2D eigenvalue weighted by molar-refractivity contribution is 6.30. The summed E-state index contributed by atoms with van der Waals surface area (Å²) >= 11 is 5.96. The lowest BCUT2D eigenvalue weighted by Gasteiger charge is -2.34. The lowest BCUT2D eigenvalue weighted by atomic mass is 9.96. The molecule has 1 atom stereocenters. The molecule has 0 unspecified atom stereocenters. The zero-order valence-electron chi connectivity index (χ0n) is 14.7. The molecule has 1 aliphatic heterocycles. The Balaban J connectivity index is 1.56. The van der Waals surface area contributed by atoms with Crippen molar-refractivity contribution < 1.29 is 4.79 Å². The fraction of sp³-hybridized carbons (Fsp3) is 0.381. The maximum atomic E-state index is 12.8. The Labute approximate surface area is 155 Å². The molecule has 1 aliphatic rings. The largest absolute Gasteiger partial charge is 0.341 e. The van der Waals surface area contributed by atoms with Crippen LogP contribution in [0.15, 0.2) is 54.6 Å². The first-order valence-corrected chi connectivity index (χ1v) is 9.25. The summed E-state index contributed by atoms with van der Waals surface area (Å²) in [6.45, 7) is 3.44. The molecule has 1 fully saturated rings. The third-order valence-corrected chi connectivity index (χ3v) is 5.06. The minimum atomic E-state index is 0.0924. The highest BCUT2D eigenvalue weighted by atomic mass is 35.5. The van der Waals surface area contributed by atoms with Gasteiger partial charge in [-0.1, -0.05) is 54.1 Å². The van der Waals surface area contributed by atoms with E-state index < -0.39 is 0 Å². The molecule has 1 heterocycles. The number of halogens is 1. The van der Waals surface area contributed by atoms with Crippen LogP contribution in [0.4, 0.5) is 0 Å². The second-order valence-corrected chi connectivity index (χ2v) is 7.32. The number of carbonyl (C=O) groups excluding carboxylic acids is 1. The van der Waals surface area contributed by atoms with Crippen LogP contribution in [0.1, 0.15) is 24.0 Å². The first kappa shape index (κ1) is 18.0. The van der Waals surface area contributed by atoms with Crippen LogP contribution in [-0.4, -0.2) is 35.8 Å². The molecular formula is C21H25ClN2O. The van der Waals surface area contributed by atoms with E-state index in [0.717, 1.165) is 37.5 Å². The van der Waals surface area contributed by atoms with Crippen molar-refractivity contribution in [1.29, 1.82) is 0 Å². The summed E-state index contributed by atoms with van der Waals surface area (Å²) in [6, 6.07) is 18.2. The van der Waals surface area contributed by atoms with E-state index in [4.69, 9.17) is 11.6 Å². The van der Waals surface area contributed by atoms with Crippen molar-refractivity contribution >= 4 is 17.5 Å². The number of benzene rings is 2. The van der Waals surface area contributed by atoms with Gasteiger partial charge in [-0.05, 0) is 42.6 Å². The standard InChI is InChI=1S/C21H25ClN2O/c1-23(14-17-6-3-2-4-7-17)21(25)19-8-5-13-24(16-19)15-18-9-11-20(22)12-10-18/h2-4,6-7,9-12,19H,5,8,13-16H2,1H3/t19-/m0/s1. The Morgan fingerprint density at radius 3 is 2.56 bits per heavy atom. The quantitative estimate of drug-likeness (QED) is 0.801. The van der Waals surface area contributed by atoms with E-state index in [1.165, 1.54) is 11.1 Å². The summed E-state index contributed by atoms with van der Waals surface area (Å²) in [5.41, 5.74) is 2.42. The molecule has 3 nitrogen and oxygen atoms in total. The molecule has 1 amide bonds. The van der Waals surface area contributed by atoms with Gasteiger partial charge in [0.25, 0.3) is 0 Å². The van der Waals surface area contributed by atoms with Crippen LogP contribution in [0, 0.1) is 5.92 Å². The molecule has 132 valence electrons. The number of likely N-dealkylation sites (tertiary alicyclic amines) is 1. The lowest BCUT2D eigenvalue weighted by molar-refractivity contribution is -0.136. The van der Waals surface area contributed by atoms with Gasteiger partial charge in [-0.15, -0.1) is 0 Å². The van der Waals surface area contributed by atoms with Gasteiger partial charge in [0, 0.05) is 31.7 Å². The van der Waals surface area contributed by atoms with Gasteiger partial charge in [0.1, 0.15) is 0 Å². The average Bonchev–Trinajstić information content (AvgIpc) is 2.64. The predicted octanol–water partition coefficient (Wildman–Crippen LogP) is 4.21. The fourth-order valence-electron chi connectivity index (χ4n) is 3.50. The monoisotopic (exact) mass is 356 g/mol. The van der Waals surface area contributed by atoms with E-state index >= 15 is 0 Å². The Morgan fingerprint density at radius 2 is 1.84 bits per heavy atom. The second-order valence-electron chi connectivity index (χ2n) is 6.88. The summed E-state index contributed by atoms with van der Waals surface area (Å²) in [7, 11) is 1.91. The molecule has 0 radical (unpaired) electrons. The zero-order valence-corrected chi connectivity index (χ0v) is 15.5. The maximum absolute atomic E-state index is 12.8. The molecule has 0 aliphatic carbocycles. The van der Waals surface area contributed by atoms with E-state index in [1.54, 1.807) is 0 Å². The van der Waals surface area contributed by atoms with Crippen LogP contribution < -0.4 is 0 Å². The van der Waals surface area contributed by atoms with Crippen LogP contribution in [0.3, 0.4) is 0 Å². The van der Waals surface area contributed by atoms with Crippen molar-refractivity contribution in [2.24, 2.45) is 5.92 Å². The van der Waals surface area contributed by atoms with Gasteiger partial charge in [0.2, 0.25) is 5.91 Å². The highest BCUT2D eigenvalue weighted by Crippen LogP contribution is 2.21. The number of nitrogens with zero attached hydrogens (tertiary/aromatic N) is 2.